The van der Waals surface area contributed by atoms with Crippen LogP contribution in [0.1, 0.15) is 20.7 Å². The molecular formula is C24H17NO4. The molecule has 0 aliphatic carbocycles. The normalized spacial score (nSPS) is 10.6. The zero-order valence-electron chi connectivity index (χ0n) is 15.4. The van der Waals surface area contributed by atoms with Gasteiger partial charge in [0.25, 0.3) is 11.8 Å². The van der Waals surface area contributed by atoms with Gasteiger partial charge in [0.05, 0.1) is 5.56 Å². The van der Waals surface area contributed by atoms with Crippen LogP contribution in [0.2, 0.25) is 0 Å². The van der Waals surface area contributed by atoms with Crippen molar-refractivity contribution in [2.45, 2.75) is 0 Å². The van der Waals surface area contributed by atoms with Crippen LogP contribution in [0.4, 0.5) is 0 Å². The number of ether oxygens (including phenoxy) is 1. The molecule has 0 atom stereocenters. The summed E-state index contributed by atoms with van der Waals surface area (Å²) in [6.07, 6.45) is 0. The molecular weight excluding hydrogens is 366 g/mol. The Morgan fingerprint density at radius 2 is 1.28 bits per heavy atom. The van der Waals surface area contributed by atoms with Gasteiger partial charge in [-0.25, -0.2) is 4.79 Å². The Bertz CT molecular complexity index is 1180. The number of nitrogens with one attached hydrogen (secondary N) is 1. The lowest BCUT2D eigenvalue weighted by Crippen LogP contribution is -2.34. The smallest absolute Gasteiger partial charge is 0.339 e. The second-order valence-corrected chi connectivity index (χ2v) is 6.51. The molecule has 0 fully saturated rings. The van der Waals surface area contributed by atoms with Crippen molar-refractivity contribution in [3.63, 3.8) is 0 Å². The summed E-state index contributed by atoms with van der Waals surface area (Å²) in [5.74, 6) is -1.83. The summed E-state index contributed by atoms with van der Waals surface area (Å²) in [7, 11) is 0. The van der Waals surface area contributed by atoms with E-state index in [2.05, 4.69) is 5.32 Å². The van der Waals surface area contributed by atoms with Gasteiger partial charge in [-0.15, -0.1) is 0 Å². The third-order valence-electron chi connectivity index (χ3n) is 4.60. The number of benzene rings is 4. The molecule has 2 amide bonds. The fraction of sp³-hybridized carbons (Fsp3) is 0.0417. The van der Waals surface area contributed by atoms with E-state index in [1.165, 1.54) is 0 Å². The molecule has 0 unspecified atom stereocenters. The minimum absolute atomic E-state index is 0.354. The highest BCUT2D eigenvalue weighted by Crippen LogP contribution is 2.29. The van der Waals surface area contributed by atoms with Crippen molar-refractivity contribution in [3.8, 4) is 0 Å². The molecule has 0 aliphatic heterocycles. The maximum Gasteiger partial charge on any atom is 0.339 e. The van der Waals surface area contributed by atoms with Crippen molar-refractivity contribution in [3.05, 3.63) is 96.1 Å². The summed E-state index contributed by atoms with van der Waals surface area (Å²) in [5, 5.41) is 5.53. The van der Waals surface area contributed by atoms with E-state index in [0.29, 0.717) is 11.1 Å². The summed E-state index contributed by atoms with van der Waals surface area (Å²) in [6.45, 7) is -0.547. The van der Waals surface area contributed by atoms with Crippen LogP contribution >= 0.6 is 0 Å². The van der Waals surface area contributed by atoms with Gasteiger partial charge >= 0.3 is 5.97 Å². The average molecular weight is 383 g/mol. The Labute approximate surface area is 166 Å². The molecule has 29 heavy (non-hydrogen) atoms. The highest BCUT2D eigenvalue weighted by atomic mass is 16.5. The maximum atomic E-state index is 12.8. The van der Waals surface area contributed by atoms with Gasteiger partial charge in [0.1, 0.15) is 0 Å². The first-order valence-electron chi connectivity index (χ1n) is 9.10. The van der Waals surface area contributed by atoms with Crippen LogP contribution in [-0.4, -0.2) is 24.4 Å². The Hall–Kier alpha value is -3.99. The highest BCUT2D eigenvalue weighted by molar-refractivity contribution is 6.17. The first-order valence-corrected chi connectivity index (χ1v) is 9.10. The van der Waals surface area contributed by atoms with E-state index in [4.69, 9.17) is 4.74 Å². The van der Waals surface area contributed by atoms with E-state index in [1.807, 2.05) is 54.6 Å². The van der Waals surface area contributed by atoms with E-state index >= 15 is 0 Å². The molecule has 4 aromatic carbocycles. The van der Waals surface area contributed by atoms with Crippen LogP contribution in [0.3, 0.4) is 0 Å². The standard InChI is InChI=1S/C24H17NO4/c26-21(25-23(27)16-8-2-1-3-9-16)15-29-24(28)22-19-12-6-4-10-17(19)14-18-11-5-7-13-20(18)22/h1-14H,15H2,(H,25,26,27). The number of rotatable bonds is 4. The fourth-order valence-corrected chi connectivity index (χ4v) is 3.26. The lowest BCUT2D eigenvalue weighted by Gasteiger charge is -2.11. The van der Waals surface area contributed by atoms with Gasteiger partial charge in [-0.05, 0) is 39.7 Å². The van der Waals surface area contributed by atoms with Gasteiger partial charge in [0.2, 0.25) is 0 Å². The third kappa shape index (κ3) is 3.84. The monoisotopic (exact) mass is 383 g/mol. The lowest BCUT2D eigenvalue weighted by molar-refractivity contribution is -0.123. The number of fused-ring (bicyclic) bond motifs is 2. The van der Waals surface area contributed by atoms with Crippen molar-refractivity contribution in [1.82, 2.24) is 5.32 Å². The summed E-state index contributed by atoms with van der Waals surface area (Å²) < 4.78 is 5.24. The topological polar surface area (TPSA) is 72.5 Å². The van der Waals surface area contributed by atoms with Gasteiger partial charge in [0.15, 0.2) is 6.61 Å². The van der Waals surface area contributed by atoms with E-state index in [9.17, 15) is 14.4 Å². The predicted molar refractivity (Wildman–Crippen MR) is 111 cm³/mol. The predicted octanol–water partition coefficient (Wildman–Crippen LogP) is 4.11. The van der Waals surface area contributed by atoms with Gasteiger partial charge in [-0.3, -0.25) is 14.9 Å². The van der Waals surface area contributed by atoms with Crippen molar-refractivity contribution < 1.29 is 19.1 Å². The molecule has 0 saturated carbocycles. The molecule has 4 aromatic rings. The summed E-state index contributed by atoms with van der Waals surface area (Å²) >= 11 is 0. The number of amides is 2. The van der Waals surface area contributed by atoms with Crippen molar-refractivity contribution >= 4 is 39.3 Å². The number of imide groups is 1. The summed E-state index contributed by atoms with van der Waals surface area (Å²) in [6, 6.07) is 25.4. The zero-order chi connectivity index (χ0) is 20.2. The van der Waals surface area contributed by atoms with Gasteiger partial charge < -0.3 is 4.74 Å². The van der Waals surface area contributed by atoms with Crippen LogP contribution < -0.4 is 5.32 Å². The Morgan fingerprint density at radius 3 is 1.90 bits per heavy atom. The van der Waals surface area contributed by atoms with Crippen molar-refractivity contribution in [2.24, 2.45) is 0 Å². The first-order chi connectivity index (χ1) is 14.1. The highest BCUT2D eigenvalue weighted by Gasteiger charge is 2.18. The molecule has 5 heteroatoms. The quantitative estimate of drug-likeness (QED) is 0.425. The Balaban J connectivity index is 1.54. The number of hydrogen-bond acceptors (Lipinski definition) is 4. The van der Waals surface area contributed by atoms with Gasteiger partial charge in [-0.1, -0.05) is 66.7 Å². The molecule has 0 aromatic heterocycles. The average Bonchev–Trinajstić information content (AvgIpc) is 2.76. The lowest BCUT2D eigenvalue weighted by atomic mass is 9.97. The third-order valence-corrected chi connectivity index (χ3v) is 4.60. The van der Waals surface area contributed by atoms with Crippen LogP contribution in [0.15, 0.2) is 84.9 Å². The molecule has 142 valence electrons. The molecule has 0 aliphatic rings. The fourth-order valence-electron chi connectivity index (χ4n) is 3.26. The van der Waals surface area contributed by atoms with E-state index in [-0.39, 0.29) is 0 Å². The Kier molecular flexibility index (Phi) is 5.03. The number of esters is 1. The van der Waals surface area contributed by atoms with E-state index in [1.54, 1.807) is 30.3 Å². The maximum absolute atomic E-state index is 12.8. The number of hydrogen-bond donors (Lipinski definition) is 1. The molecule has 5 nitrogen and oxygen atoms in total. The van der Waals surface area contributed by atoms with E-state index in [0.717, 1.165) is 21.5 Å². The van der Waals surface area contributed by atoms with Crippen molar-refractivity contribution in [1.29, 1.82) is 0 Å². The van der Waals surface area contributed by atoms with Gasteiger partial charge in [-0.2, -0.15) is 0 Å². The molecule has 0 spiro atoms. The second kappa shape index (κ2) is 7.94. The van der Waals surface area contributed by atoms with Crippen LogP contribution in [0.5, 0.6) is 0 Å². The first kappa shape index (κ1) is 18.4. The molecule has 0 saturated heterocycles. The van der Waals surface area contributed by atoms with Crippen LogP contribution in [0.25, 0.3) is 21.5 Å². The molecule has 4 rings (SSSR count). The van der Waals surface area contributed by atoms with Crippen LogP contribution in [-0.2, 0) is 9.53 Å². The summed E-state index contributed by atoms with van der Waals surface area (Å²) in [4.78, 5) is 37.0. The van der Waals surface area contributed by atoms with Gasteiger partial charge in [0, 0.05) is 5.56 Å². The SMILES string of the molecule is O=C(COC(=O)c1c2ccccc2cc2ccccc12)NC(=O)c1ccccc1. The molecule has 1 N–H and O–H groups in total. The minimum atomic E-state index is -0.684. The largest absolute Gasteiger partial charge is 0.452 e. The van der Waals surface area contributed by atoms with Crippen LogP contribution in [0, 0.1) is 0 Å². The molecule has 0 heterocycles. The number of carbonyl (C=O) groups is 3. The zero-order valence-corrected chi connectivity index (χ0v) is 15.4. The summed E-state index contributed by atoms with van der Waals surface area (Å²) in [5.41, 5.74) is 0.758. The number of carbonyl (C=O) groups excluding carboxylic acids is 3. The minimum Gasteiger partial charge on any atom is -0.452 e. The Morgan fingerprint density at radius 1 is 0.724 bits per heavy atom. The molecule has 0 radical (unpaired) electrons. The van der Waals surface area contributed by atoms with Crippen molar-refractivity contribution in [2.75, 3.05) is 6.61 Å². The molecule has 0 bridgehead atoms. The second-order valence-electron chi connectivity index (χ2n) is 6.51. The van der Waals surface area contributed by atoms with E-state index < -0.39 is 24.4 Å².